The van der Waals surface area contributed by atoms with Crippen molar-refractivity contribution in [3.63, 3.8) is 0 Å². The lowest BCUT2D eigenvalue weighted by Crippen LogP contribution is -2.58. The number of hydrogen-bond donors (Lipinski definition) is 1. The van der Waals surface area contributed by atoms with Crippen molar-refractivity contribution in [3.05, 3.63) is 26.0 Å². The van der Waals surface area contributed by atoms with E-state index in [0.29, 0.717) is 17.8 Å². The number of nitrogens with zero attached hydrogens (tertiary/aromatic N) is 2. The Balaban J connectivity index is 3.06. The van der Waals surface area contributed by atoms with Crippen LogP contribution in [0.1, 0.15) is 26.3 Å². The second kappa shape index (κ2) is 5.30. The molecule has 0 aliphatic rings. The van der Waals surface area contributed by atoms with Gasteiger partial charge in [-0.1, -0.05) is 20.8 Å². The molecule has 1 aromatic carbocycles. The first-order chi connectivity index (χ1) is 8.91. The van der Waals surface area contributed by atoms with Crippen LogP contribution in [0.3, 0.4) is 0 Å². The molecule has 0 bridgehead atoms. The molecule has 0 heterocycles. The van der Waals surface area contributed by atoms with E-state index in [9.17, 15) is 9.59 Å². The van der Waals surface area contributed by atoms with Gasteiger partial charge in [0.15, 0.2) is 6.17 Å². The largest absolute Gasteiger partial charge is 0.363 e. The van der Waals surface area contributed by atoms with E-state index in [1.807, 2.05) is 39.8 Å². The van der Waals surface area contributed by atoms with Gasteiger partial charge in [0.2, 0.25) is 10.9 Å². The molecule has 1 rings (SSSR count). The molecule has 0 aliphatic carbocycles. The molecule has 0 saturated heterocycles. The van der Waals surface area contributed by atoms with Crippen LogP contribution >= 0.6 is 0 Å². The summed E-state index contributed by atoms with van der Waals surface area (Å²) in [6, 6.07) is 0. The normalized spacial score (nSPS) is 14.6. The highest BCUT2D eigenvalue weighted by atomic mass is 16.2. The maximum atomic E-state index is 11.9. The van der Waals surface area contributed by atoms with E-state index >= 15 is 0 Å². The van der Waals surface area contributed by atoms with E-state index in [1.54, 1.807) is 0 Å². The van der Waals surface area contributed by atoms with Gasteiger partial charge in [0.1, 0.15) is 0 Å². The fourth-order valence-corrected chi connectivity index (χ4v) is 2.51. The standard InChI is InChI=1S/C15H28N3O2/c1-15(2,3)11-12(14(20)13(11)19)17(5)9-10(16-4)18(6,7)8/h10,16H,9H2,1-8H3/q+1. The summed E-state index contributed by atoms with van der Waals surface area (Å²) in [6.07, 6.45) is 0.178. The van der Waals surface area contributed by atoms with Crippen LogP contribution in [0.2, 0.25) is 0 Å². The molecule has 0 amide bonds. The maximum Gasteiger partial charge on any atom is 0.249 e. The molecule has 0 radical (unpaired) electrons. The second-order valence-electron chi connectivity index (χ2n) is 7.43. The van der Waals surface area contributed by atoms with Gasteiger partial charge in [-0.25, -0.2) is 0 Å². The van der Waals surface area contributed by atoms with E-state index in [2.05, 4.69) is 26.5 Å². The van der Waals surface area contributed by atoms with Crippen LogP contribution in [0.5, 0.6) is 0 Å². The second-order valence-corrected chi connectivity index (χ2v) is 7.43. The van der Waals surface area contributed by atoms with Crippen LogP contribution in [0.25, 0.3) is 0 Å². The first kappa shape index (κ1) is 16.9. The minimum atomic E-state index is -0.353. The van der Waals surface area contributed by atoms with Crippen molar-refractivity contribution in [2.24, 2.45) is 0 Å². The van der Waals surface area contributed by atoms with Gasteiger partial charge in [0.05, 0.1) is 33.4 Å². The minimum absolute atomic E-state index is 0.178. The minimum Gasteiger partial charge on any atom is -0.363 e. The fraction of sp³-hybridized carbons (Fsp3) is 0.733. The predicted octanol–water partition coefficient (Wildman–Crippen LogP) is 0.268. The quantitative estimate of drug-likeness (QED) is 0.478. The number of hydrogen-bond acceptors (Lipinski definition) is 4. The van der Waals surface area contributed by atoms with Gasteiger partial charge < -0.3 is 9.38 Å². The highest BCUT2D eigenvalue weighted by Crippen LogP contribution is 2.27. The van der Waals surface area contributed by atoms with Crippen LogP contribution in [-0.2, 0) is 5.41 Å². The summed E-state index contributed by atoms with van der Waals surface area (Å²) < 4.78 is 0.737. The number of likely N-dealkylation sites (N-methyl/N-ethyl adjacent to an activating group) is 3. The Labute approximate surface area is 121 Å². The monoisotopic (exact) mass is 282 g/mol. The molecule has 1 unspecified atom stereocenters. The van der Waals surface area contributed by atoms with Crippen molar-refractivity contribution in [3.8, 4) is 0 Å². The van der Waals surface area contributed by atoms with Gasteiger partial charge in [-0.05, 0) is 12.5 Å². The smallest absolute Gasteiger partial charge is 0.249 e. The Morgan fingerprint density at radius 1 is 1.15 bits per heavy atom. The summed E-state index contributed by atoms with van der Waals surface area (Å²) in [7, 11) is 10.1. The summed E-state index contributed by atoms with van der Waals surface area (Å²) in [4.78, 5) is 25.6. The topological polar surface area (TPSA) is 49.4 Å². The van der Waals surface area contributed by atoms with Gasteiger partial charge in [-0.3, -0.25) is 14.9 Å². The third-order valence-electron chi connectivity index (χ3n) is 3.73. The molecule has 1 N–H and O–H groups in total. The average Bonchev–Trinajstić information content (AvgIpc) is 2.27. The fourth-order valence-electron chi connectivity index (χ4n) is 2.51. The summed E-state index contributed by atoms with van der Waals surface area (Å²) in [6.45, 7) is 6.58. The van der Waals surface area contributed by atoms with Gasteiger partial charge >= 0.3 is 0 Å². The zero-order valence-corrected chi connectivity index (χ0v) is 14.0. The molecule has 20 heavy (non-hydrogen) atoms. The predicted molar refractivity (Wildman–Crippen MR) is 84.2 cm³/mol. The Hall–Kier alpha value is -1.20. The molecule has 5 nitrogen and oxygen atoms in total. The summed E-state index contributed by atoms with van der Waals surface area (Å²) in [5.41, 5.74) is 0.261. The van der Waals surface area contributed by atoms with Crippen LogP contribution in [-0.4, -0.2) is 52.4 Å². The van der Waals surface area contributed by atoms with Crippen molar-refractivity contribution in [1.82, 2.24) is 5.32 Å². The van der Waals surface area contributed by atoms with Gasteiger partial charge in [0, 0.05) is 12.6 Å². The molecule has 5 heteroatoms. The lowest BCUT2D eigenvalue weighted by atomic mass is 9.82. The first-order valence-corrected chi connectivity index (χ1v) is 6.94. The van der Waals surface area contributed by atoms with Gasteiger partial charge in [-0.2, -0.15) is 0 Å². The summed E-state index contributed by atoms with van der Waals surface area (Å²) >= 11 is 0. The summed E-state index contributed by atoms with van der Waals surface area (Å²) in [5.74, 6) is 0. The van der Waals surface area contributed by atoms with Crippen molar-refractivity contribution in [2.45, 2.75) is 32.4 Å². The number of quaternary nitrogens is 1. The van der Waals surface area contributed by atoms with E-state index in [1.165, 1.54) is 0 Å². The Kier molecular flexibility index (Phi) is 4.46. The number of rotatable bonds is 5. The Bertz CT molecular complexity index is 543. The number of nitrogens with one attached hydrogen (secondary N) is 1. The van der Waals surface area contributed by atoms with E-state index in [-0.39, 0.29) is 22.4 Å². The molecule has 0 saturated carbocycles. The lowest BCUT2D eigenvalue weighted by Gasteiger charge is -2.38. The molecule has 1 atom stereocenters. The SMILES string of the molecule is CNC(CN(C)c1c(C(C)(C)C)c(=O)c1=O)[N+](C)(C)C. The van der Waals surface area contributed by atoms with E-state index < -0.39 is 0 Å². The van der Waals surface area contributed by atoms with Crippen molar-refractivity contribution >= 4 is 5.69 Å². The molecular weight excluding hydrogens is 254 g/mol. The number of anilines is 1. The zero-order chi connectivity index (χ0) is 15.9. The van der Waals surface area contributed by atoms with Crippen LogP contribution < -0.4 is 21.1 Å². The van der Waals surface area contributed by atoms with Gasteiger partial charge in [-0.15, -0.1) is 0 Å². The molecule has 1 aromatic rings. The molecular formula is C15H28N3O2+. The van der Waals surface area contributed by atoms with Crippen LogP contribution in [0, 0.1) is 0 Å². The summed E-state index contributed by atoms with van der Waals surface area (Å²) in [5, 5.41) is 3.27. The van der Waals surface area contributed by atoms with E-state index in [4.69, 9.17) is 0 Å². The third-order valence-corrected chi connectivity index (χ3v) is 3.73. The van der Waals surface area contributed by atoms with Crippen molar-refractivity contribution in [2.75, 3.05) is 46.7 Å². The highest BCUT2D eigenvalue weighted by Gasteiger charge is 2.34. The molecule has 0 aliphatic heterocycles. The van der Waals surface area contributed by atoms with Crippen molar-refractivity contribution < 1.29 is 4.48 Å². The van der Waals surface area contributed by atoms with E-state index in [0.717, 1.165) is 4.48 Å². The van der Waals surface area contributed by atoms with Crippen LogP contribution in [0.15, 0.2) is 9.59 Å². The lowest BCUT2D eigenvalue weighted by molar-refractivity contribution is -0.897. The van der Waals surface area contributed by atoms with Gasteiger partial charge in [0.25, 0.3) is 0 Å². The highest BCUT2D eigenvalue weighted by molar-refractivity contribution is 5.60. The Morgan fingerprint density at radius 3 is 2.00 bits per heavy atom. The zero-order valence-electron chi connectivity index (χ0n) is 14.0. The molecule has 0 fully saturated rings. The third kappa shape index (κ3) is 3.10. The van der Waals surface area contributed by atoms with Crippen LogP contribution in [0.4, 0.5) is 5.69 Å². The molecule has 0 aromatic heterocycles. The Morgan fingerprint density at radius 2 is 1.65 bits per heavy atom. The first-order valence-electron chi connectivity index (χ1n) is 6.94. The van der Waals surface area contributed by atoms with Crippen molar-refractivity contribution in [1.29, 1.82) is 0 Å². The average molecular weight is 282 g/mol. The molecule has 114 valence electrons. The molecule has 0 spiro atoms. The maximum absolute atomic E-state index is 11.9.